The summed E-state index contributed by atoms with van der Waals surface area (Å²) in [5, 5.41) is 4.91. The Hall–Kier alpha value is -1.09. The Morgan fingerprint density at radius 3 is 2.58 bits per heavy atom. The summed E-state index contributed by atoms with van der Waals surface area (Å²) in [6.07, 6.45) is -0.210. The monoisotopic (exact) mass is 313 g/mol. The Bertz CT molecular complexity index is 630. The fourth-order valence-corrected chi connectivity index (χ4v) is 2.75. The van der Waals surface area contributed by atoms with Crippen molar-refractivity contribution in [1.29, 1.82) is 0 Å². The maximum atomic E-state index is 6.22. The van der Waals surface area contributed by atoms with Crippen molar-refractivity contribution in [2.45, 2.75) is 6.10 Å². The van der Waals surface area contributed by atoms with Gasteiger partial charge in [-0.25, -0.2) is 0 Å². The minimum absolute atomic E-state index is 0.210. The van der Waals surface area contributed by atoms with Crippen LogP contribution in [-0.4, -0.2) is 6.54 Å². The highest BCUT2D eigenvalue weighted by atomic mass is 35.5. The van der Waals surface area contributed by atoms with Crippen molar-refractivity contribution in [3.8, 4) is 5.75 Å². The zero-order chi connectivity index (χ0) is 13.4. The molecule has 0 bridgehead atoms. The van der Waals surface area contributed by atoms with Crippen molar-refractivity contribution in [1.82, 2.24) is 0 Å². The van der Waals surface area contributed by atoms with Crippen LogP contribution in [0.3, 0.4) is 0 Å². The Kier molecular flexibility index (Phi) is 3.48. The smallest absolute Gasteiger partial charge is 0.162 e. The second-order valence-electron chi connectivity index (χ2n) is 4.25. The molecule has 98 valence electrons. The molecule has 0 aromatic heterocycles. The van der Waals surface area contributed by atoms with Gasteiger partial charge in [0.1, 0.15) is 6.10 Å². The number of benzene rings is 2. The highest BCUT2D eigenvalue weighted by Gasteiger charge is 2.25. The Morgan fingerprint density at radius 1 is 1.00 bits per heavy atom. The first-order valence-electron chi connectivity index (χ1n) is 5.80. The van der Waals surface area contributed by atoms with E-state index in [9.17, 15) is 0 Å². The van der Waals surface area contributed by atoms with Crippen LogP contribution in [0.25, 0.3) is 0 Å². The highest BCUT2D eigenvalue weighted by molar-refractivity contribution is 6.42. The Balaban J connectivity index is 1.98. The van der Waals surface area contributed by atoms with Crippen molar-refractivity contribution in [3.63, 3.8) is 0 Å². The molecule has 0 amide bonds. The van der Waals surface area contributed by atoms with E-state index in [0.717, 1.165) is 11.3 Å². The number of ether oxygens (including phenoxy) is 1. The predicted octanol–water partition coefficient (Wildman–Crippen LogP) is 5.19. The van der Waals surface area contributed by atoms with E-state index in [4.69, 9.17) is 39.5 Å². The molecule has 1 atom stereocenters. The topological polar surface area (TPSA) is 21.3 Å². The molecule has 2 aromatic rings. The van der Waals surface area contributed by atoms with E-state index in [2.05, 4.69) is 5.32 Å². The van der Waals surface area contributed by atoms with E-state index in [1.165, 1.54) is 0 Å². The molecule has 0 spiro atoms. The standard InChI is InChI=1S/C14H10Cl3NO/c15-9-4-1-3-8(13(9)17)12-7-18-11-6-2-5-10(16)14(11)19-12/h1-6,12,18H,7H2. The molecule has 5 heteroatoms. The lowest BCUT2D eigenvalue weighted by Crippen LogP contribution is -2.24. The average Bonchev–Trinajstić information content (AvgIpc) is 2.42. The molecule has 1 aliphatic heterocycles. The van der Waals surface area contributed by atoms with Gasteiger partial charge < -0.3 is 10.1 Å². The number of hydrogen-bond acceptors (Lipinski definition) is 2. The molecule has 1 heterocycles. The van der Waals surface area contributed by atoms with Gasteiger partial charge in [-0.05, 0) is 18.2 Å². The third-order valence-corrected chi connectivity index (χ3v) is 4.16. The lowest BCUT2D eigenvalue weighted by atomic mass is 10.1. The van der Waals surface area contributed by atoms with Crippen LogP contribution in [0.15, 0.2) is 36.4 Å². The SMILES string of the molecule is Clc1cccc(C2CNc3cccc(Cl)c3O2)c1Cl. The van der Waals surface area contributed by atoms with Crippen LogP contribution < -0.4 is 10.1 Å². The van der Waals surface area contributed by atoms with E-state index in [0.29, 0.717) is 27.4 Å². The van der Waals surface area contributed by atoms with Crippen molar-refractivity contribution in [3.05, 3.63) is 57.0 Å². The van der Waals surface area contributed by atoms with Gasteiger partial charge in [-0.2, -0.15) is 0 Å². The number of halogens is 3. The second-order valence-corrected chi connectivity index (χ2v) is 5.44. The quantitative estimate of drug-likeness (QED) is 0.782. The summed E-state index contributed by atoms with van der Waals surface area (Å²) in [6.45, 7) is 0.618. The van der Waals surface area contributed by atoms with Crippen LogP contribution in [0.5, 0.6) is 5.75 Å². The third-order valence-electron chi connectivity index (χ3n) is 3.03. The largest absolute Gasteiger partial charge is 0.480 e. The summed E-state index contributed by atoms with van der Waals surface area (Å²) in [4.78, 5) is 0. The second kappa shape index (κ2) is 5.12. The predicted molar refractivity (Wildman–Crippen MR) is 79.8 cm³/mol. The number of anilines is 1. The number of para-hydroxylation sites is 1. The van der Waals surface area contributed by atoms with E-state index in [1.807, 2.05) is 24.3 Å². The van der Waals surface area contributed by atoms with E-state index < -0.39 is 0 Å². The van der Waals surface area contributed by atoms with Crippen LogP contribution >= 0.6 is 34.8 Å². The van der Waals surface area contributed by atoms with Crippen LogP contribution in [0.1, 0.15) is 11.7 Å². The van der Waals surface area contributed by atoms with Gasteiger partial charge in [0.15, 0.2) is 5.75 Å². The average molecular weight is 315 g/mol. The van der Waals surface area contributed by atoms with Crippen molar-refractivity contribution >= 4 is 40.5 Å². The molecule has 2 nitrogen and oxygen atoms in total. The van der Waals surface area contributed by atoms with Gasteiger partial charge in [0.25, 0.3) is 0 Å². The normalized spacial score (nSPS) is 17.3. The molecule has 19 heavy (non-hydrogen) atoms. The number of nitrogens with one attached hydrogen (secondary N) is 1. The molecule has 0 saturated carbocycles. The third kappa shape index (κ3) is 2.36. The minimum atomic E-state index is -0.210. The van der Waals surface area contributed by atoms with Crippen molar-refractivity contribution in [2.75, 3.05) is 11.9 Å². The van der Waals surface area contributed by atoms with Gasteiger partial charge in [0.05, 0.1) is 27.3 Å². The van der Waals surface area contributed by atoms with Gasteiger partial charge in [0, 0.05) is 5.56 Å². The van der Waals surface area contributed by atoms with Gasteiger partial charge in [-0.15, -0.1) is 0 Å². The molecule has 1 unspecified atom stereocenters. The zero-order valence-corrected chi connectivity index (χ0v) is 12.1. The number of rotatable bonds is 1. The van der Waals surface area contributed by atoms with Crippen LogP contribution in [-0.2, 0) is 0 Å². The molecule has 2 aromatic carbocycles. The number of hydrogen-bond donors (Lipinski definition) is 1. The number of fused-ring (bicyclic) bond motifs is 1. The fourth-order valence-electron chi connectivity index (χ4n) is 2.10. The Morgan fingerprint density at radius 2 is 1.74 bits per heavy atom. The molecule has 0 aliphatic carbocycles. The van der Waals surface area contributed by atoms with Crippen molar-refractivity contribution < 1.29 is 4.74 Å². The minimum Gasteiger partial charge on any atom is -0.480 e. The molecule has 0 radical (unpaired) electrons. The van der Waals surface area contributed by atoms with Gasteiger partial charge in [-0.1, -0.05) is 53.0 Å². The summed E-state index contributed by atoms with van der Waals surface area (Å²) in [5.74, 6) is 0.649. The summed E-state index contributed by atoms with van der Waals surface area (Å²) >= 11 is 18.4. The molecule has 1 N–H and O–H groups in total. The van der Waals surface area contributed by atoms with Crippen LogP contribution in [0, 0.1) is 0 Å². The molecular weight excluding hydrogens is 305 g/mol. The maximum Gasteiger partial charge on any atom is 0.162 e. The molecular formula is C14H10Cl3NO. The Labute approximate surface area is 126 Å². The molecule has 0 saturated heterocycles. The lowest BCUT2D eigenvalue weighted by molar-refractivity contribution is 0.211. The first-order valence-corrected chi connectivity index (χ1v) is 6.93. The van der Waals surface area contributed by atoms with Gasteiger partial charge >= 0.3 is 0 Å². The molecule has 0 fully saturated rings. The van der Waals surface area contributed by atoms with Crippen LogP contribution in [0.4, 0.5) is 5.69 Å². The maximum absolute atomic E-state index is 6.22. The first-order chi connectivity index (χ1) is 9.16. The van der Waals surface area contributed by atoms with Gasteiger partial charge in [0.2, 0.25) is 0 Å². The van der Waals surface area contributed by atoms with E-state index in [-0.39, 0.29) is 6.10 Å². The van der Waals surface area contributed by atoms with Crippen molar-refractivity contribution in [2.24, 2.45) is 0 Å². The summed E-state index contributed by atoms with van der Waals surface area (Å²) in [6, 6.07) is 11.1. The summed E-state index contributed by atoms with van der Waals surface area (Å²) in [7, 11) is 0. The van der Waals surface area contributed by atoms with E-state index in [1.54, 1.807) is 12.1 Å². The summed E-state index contributed by atoms with van der Waals surface area (Å²) < 4.78 is 5.95. The first kappa shape index (κ1) is 12.9. The highest BCUT2D eigenvalue weighted by Crippen LogP contribution is 2.41. The van der Waals surface area contributed by atoms with E-state index >= 15 is 0 Å². The molecule has 1 aliphatic rings. The summed E-state index contributed by atoms with van der Waals surface area (Å²) in [5.41, 5.74) is 1.74. The molecule has 3 rings (SSSR count). The zero-order valence-electron chi connectivity index (χ0n) is 9.79. The lowest BCUT2D eigenvalue weighted by Gasteiger charge is -2.29. The van der Waals surface area contributed by atoms with Gasteiger partial charge in [-0.3, -0.25) is 0 Å². The fraction of sp³-hybridized carbons (Fsp3) is 0.143. The van der Waals surface area contributed by atoms with Crippen LogP contribution in [0.2, 0.25) is 15.1 Å².